The van der Waals surface area contributed by atoms with Crippen LogP contribution in [-0.4, -0.2) is 33.9 Å². The molecule has 0 saturated heterocycles. The highest BCUT2D eigenvalue weighted by molar-refractivity contribution is 6.12. The normalized spacial score (nSPS) is 24.8. The van der Waals surface area contributed by atoms with Crippen LogP contribution in [-0.2, 0) is 0 Å². The molecule has 152 valence electrons. The first-order chi connectivity index (χ1) is 14.5. The molecule has 2 heterocycles. The van der Waals surface area contributed by atoms with E-state index in [-0.39, 0.29) is 18.1 Å². The number of nitrogens with one attached hydrogen (secondary N) is 1. The zero-order valence-electron chi connectivity index (χ0n) is 16.3. The molecule has 5 rings (SSSR count). The number of hydrogen-bond donors (Lipinski definition) is 4. The third-order valence-corrected chi connectivity index (χ3v) is 5.99. The number of carbonyl (C=O) groups excluding carboxylic acids is 1. The van der Waals surface area contributed by atoms with Crippen LogP contribution in [0, 0.1) is 5.92 Å². The number of ketones is 1. The van der Waals surface area contributed by atoms with Crippen LogP contribution in [0.15, 0.2) is 71.6 Å². The Balaban J connectivity index is 1.49. The number of hydrogen-bond acceptors (Lipinski definition) is 7. The highest BCUT2D eigenvalue weighted by Crippen LogP contribution is 2.40. The van der Waals surface area contributed by atoms with Crippen LogP contribution >= 0.6 is 0 Å². The Morgan fingerprint density at radius 2 is 1.90 bits per heavy atom. The van der Waals surface area contributed by atoms with Crippen LogP contribution in [0.25, 0.3) is 5.70 Å². The molecule has 0 radical (unpaired) electrons. The van der Waals surface area contributed by atoms with Gasteiger partial charge in [0.15, 0.2) is 5.78 Å². The van der Waals surface area contributed by atoms with Crippen LogP contribution < -0.4 is 16.8 Å². The zero-order valence-corrected chi connectivity index (χ0v) is 16.3. The molecule has 7 nitrogen and oxygen atoms in total. The lowest BCUT2D eigenvalue weighted by Gasteiger charge is -2.40. The molecule has 1 fully saturated rings. The van der Waals surface area contributed by atoms with E-state index in [0.29, 0.717) is 28.6 Å². The van der Waals surface area contributed by atoms with E-state index in [9.17, 15) is 9.90 Å². The Kier molecular flexibility index (Phi) is 4.33. The van der Waals surface area contributed by atoms with Gasteiger partial charge in [0.1, 0.15) is 17.7 Å². The van der Waals surface area contributed by atoms with Crippen molar-refractivity contribution in [2.24, 2.45) is 16.6 Å². The van der Waals surface area contributed by atoms with Crippen LogP contribution in [0.1, 0.15) is 34.3 Å². The van der Waals surface area contributed by atoms with Gasteiger partial charge >= 0.3 is 0 Å². The summed E-state index contributed by atoms with van der Waals surface area (Å²) in [5.41, 5.74) is 16.4. The maximum atomic E-state index is 12.8. The number of carbonyl (C=O) groups is 1. The van der Waals surface area contributed by atoms with Crippen molar-refractivity contribution < 1.29 is 9.90 Å². The number of rotatable bonds is 4. The predicted octanol–water partition coefficient (Wildman–Crippen LogP) is 2.01. The van der Waals surface area contributed by atoms with Crippen molar-refractivity contribution in [3.8, 4) is 0 Å². The summed E-state index contributed by atoms with van der Waals surface area (Å²) in [6.07, 6.45) is 4.82. The largest absolute Gasteiger partial charge is 0.398 e. The lowest BCUT2D eigenvalue weighted by Crippen LogP contribution is -2.49. The molecule has 0 bridgehead atoms. The van der Waals surface area contributed by atoms with Crippen LogP contribution in [0.3, 0.4) is 0 Å². The molecule has 7 heteroatoms. The van der Waals surface area contributed by atoms with Crippen LogP contribution in [0.2, 0.25) is 0 Å². The molecular weight excluding hydrogens is 378 g/mol. The highest BCUT2D eigenvalue weighted by Gasteiger charge is 2.43. The molecule has 1 atom stereocenters. The topological polar surface area (TPSA) is 117 Å². The van der Waals surface area contributed by atoms with Gasteiger partial charge in [-0.1, -0.05) is 36.4 Å². The van der Waals surface area contributed by atoms with Gasteiger partial charge < -0.3 is 26.8 Å². The van der Waals surface area contributed by atoms with Gasteiger partial charge in [0.25, 0.3) is 0 Å². The van der Waals surface area contributed by atoms with Gasteiger partial charge in [0.05, 0.1) is 11.8 Å². The van der Waals surface area contributed by atoms with Gasteiger partial charge in [0.2, 0.25) is 0 Å². The van der Waals surface area contributed by atoms with Gasteiger partial charge in [-0.05, 0) is 25.0 Å². The fraction of sp³-hybridized carbons (Fsp3) is 0.217. The Morgan fingerprint density at radius 1 is 1.13 bits per heavy atom. The number of aliphatic hydroxyl groups is 1. The summed E-state index contributed by atoms with van der Waals surface area (Å²) >= 11 is 0. The molecule has 3 aliphatic rings. The smallest absolute Gasteiger partial charge is 0.195 e. The second-order valence-corrected chi connectivity index (χ2v) is 7.92. The third-order valence-electron chi connectivity index (χ3n) is 5.99. The van der Waals surface area contributed by atoms with Crippen molar-refractivity contribution in [2.45, 2.75) is 25.1 Å². The van der Waals surface area contributed by atoms with Gasteiger partial charge in [-0.25, -0.2) is 4.99 Å². The monoisotopic (exact) mass is 401 g/mol. The van der Waals surface area contributed by atoms with E-state index in [4.69, 9.17) is 11.5 Å². The first-order valence-corrected chi connectivity index (χ1v) is 10.00. The molecule has 1 unspecified atom stereocenters. The number of aliphatic imine (C=N–C) groups is 1. The average molecular weight is 401 g/mol. The minimum atomic E-state index is -0.247. The van der Waals surface area contributed by atoms with E-state index in [1.54, 1.807) is 30.5 Å². The summed E-state index contributed by atoms with van der Waals surface area (Å²) in [5.74, 6) is 0.617. The van der Waals surface area contributed by atoms with Crippen LogP contribution in [0.4, 0.5) is 5.69 Å². The molecule has 2 aromatic carbocycles. The summed E-state index contributed by atoms with van der Waals surface area (Å²) in [6.45, 7) is 0. The van der Waals surface area contributed by atoms with E-state index in [1.807, 2.05) is 30.5 Å². The van der Waals surface area contributed by atoms with Crippen molar-refractivity contribution in [1.29, 1.82) is 0 Å². The summed E-state index contributed by atoms with van der Waals surface area (Å²) < 4.78 is 0. The number of aliphatic hydroxyl groups excluding tert-OH is 1. The Bertz CT molecular complexity index is 1100. The van der Waals surface area contributed by atoms with E-state index >= 15 is 0 Å². The SMILES string of the molecule is NC1=NC=CN2C1=C(c1ccc(C(=O)c3ccccc3)c(N)c1)NC2C1CC(O)C1. The van der Waals surface area contributed by atoms with Gasteiger partial charge in [-0.3, -0.25) is 4.79 Å². The first kappa shape index (κ1) is 18.4. The third kappa shape index (κ3) is 2.95. The molecule has 2 aromatic rings. The standard InChI is InChI=1S/C23H23N5O2/c24-18-12-14(6-7-17(18)21(30)13-4-2-1-3-5-13)19-20-22(25)26-8-9-28(20)23(27-19)15-10-16(29)11-15/h1-9,12,15-16,23,27,29H,10-11,24H2,(H2,25,26). The molecule has 30 heavy (non-hydrogen) atoms. The van der Waals surface area contributed by atoms with Crippen molar-refractivity contribution in [1.82, 2.24) is 10.2 Å². The molecular formula is C23H23N5O2. The minimum Gasteiger partial charge on any atom is -0.398 e. The Labute approximate surface area is 174 Å². The second-order valence-electron chi connectivity index (χ2n) is 7.92. The van der Waals surface area contributed by atoms with Gasteiger partial charge in [-0.2, -0.15) is 0 Å². The Morgan fingerprint density at radius 3 is 2.60 bits per heavy atom. The van der Waals surface area contributed by atoms with E-state index < -0.39 is 0 Å². The van der Waals surface area contributed by atoms with Gasteiger partial charge in [-0.15, -0.1) is 0 Å². The predicted molar refractivity (Wildman–Crippen MR) is 116 cm³/mol. The molecule has 2 aliphatic heterocycles. The van der Waals surface area contributed by atoms with Crippen molar-refractivity contribution in [3.05, 3.63) is 83.3 Å². The average Bonchev–Trinajstić information content (AvgIpc) is 3.12. The van der Waals surface area contributed by atoms with Crippen molar-refractivity contribution in [3.63, 3.8) is 0 Å². The fourth-order valence-electron chi connectivity index (χ4n) is 4.35. The first-order valence-electron chi connectivity index (χ1n) is 10.00. The fourth-order valence-corrected chi connectivity index (χ4v) is 4.35. The number of nitrogens with zero attached hydrogens (tertiary/aromatic N) is 2. The maximum Gasteiger partial charge on any atom is 0.195 e. The summed E-state index contributed by atoms with van der Waals surface area (Å²) in [6, 6.07) is 14.5. The molecule has 0 aromatic heterocycles. The molecule has 0 spiro atoms. The lowest BCUT2D eigenvalue weighted by molar-refractivity contribution is 0.00849. The van der Waals surface area contributed by atoms with E-state index in [0.717, 1.165) is 29.8 Å². The van der Waals surface area contributed by atoms with E-state index in [2.05, 4.69) is 15.2 Å². The zero-order chi connectivity index (χ0) is 20.8. The van der Waals surface area contributed by atoms with Crippen molar-refractivity contribution >= 4 is 23.0 Å². The molecule has 0 amide bonds. The number of amidine groups is 1. The molecule has 6 N–H and O–H groups in total. The second kappa shape index (κ2) is 7.03. The minimum absolute atomic E-state index is 0.00412. The van der Waals surface area contributed by atoms with Gasteiger partial charge in [0, 0.05) is 40.7 Å². The lowest BCUT2D eigenvalue weighted by atomic mass is 9.80. The number of benzene rings is 2. The molecule has 1 aliphatic carbocycles. The summed E-state index contributed by atoms with van der Waals surface area (Å²) in [4.78, 5) is 19.1. The quantitative estimate of drug-likeness (QED) is 0.460. The highest BCUT2D eigenvalue weighted by atomic mass is 16.3. The van der Waals surface area contributed by atoms with Crippen LogP contribution in [0.5, 0.6) is 0 Å². The molecule has 1 saturated carbocycles. The summed E-state index contributed by atoms with van der Waals surface area (Å²) in [7, 11) is 0. The number of fused-ring (bicyclic) bond motifs is 1. The number of anilines is 1. The number of nitrogens with two attached hydrogens (primary N) is 2. The maximum absolute atomic E-state index is 12.8. The number of nitrogen functional groups attached to an aromatic ring is 1. The Hall–Kier alpha value is -3.58. The van der Waals surface area contributed by atoms with E-state index in [1.165, 1.54) is 0 Å². The van der Waals surface area contributed by atoms with Crippen molar-refractivity contribution in [2.75, 3.05) is 5.73 Å². The summed E-state index contributed by atoms with van der Waals surface area (Å²) in [5, 5.41) is 13.3.